The molecule has 2 N–H and O–H groups in total. The Morgan fingerprint density at radius 2 is 2.12 bits per heavy atom. The zero-order valence-corrected chi connectivity index (χ0v) is 16.6. The fourth-order valence-corrected chi connectivity index (χ4v) is 3.16. The molecular weight excluding hydrogens is 348 g/mol. The van der Waals surface area contributed by atoms with E-state index in [0.29, 0.717) is 19.8 Å². The average molecular weight is 377 g/mol. The van der Waals surface area contributed by atoms with Gasteiger partial charge in [0.2, 0.25) is 0 Å². The van der Waals surface area contributed by atoms with Gasteiger partial charge in [0, 0.05) is 36.1 Å². The number of nitrogens with zero attached hydrogens (tertiary/aromatic N) is 2. The Hall–Kier alpha value is -2.12. The molecule has 1 heterocycles. The number of methoxy groups -OCH3 is 1. The summed E-state index contributed by atoms with van der Waals surface area (Å²) >= 11 is 1.74. The van der Waals surface area contributed by atoms with E-state index in [-0.39, 0.29) is 0 Å². The highest BCUT2D eigenvalue weighted by molar-refractivity contribution is 7.11. The number of para-hydroxylation sites is 1. The smallest absolute Gasteiger partial charge is 0.191 e. The molecule has 0 atom stereocenters. The second kappa shape index (κ2) is 11.5. The molecular formula is C19H28N4O2S. The predicted molar refractivity (Wildman–Crippen MR) is 107 cm³/mol. The van der Waals surface area contributed by atoms with Crippen molar-refractivity contribution in [1.82, 2.24) is 15.6 Å². The third-order valence-electron chi connectivity index (χ3n) is 3.60. The summed E-state index contributed by atoms with van der Waals surface area (Å²) in [5, 5.41) is 7.73. The largest absolute Gasteiger partial charge is 0.496 e. The van der Waals surface area contributed by atoms with Gasteiger partial charge in [0.25, 0.3) is 0 Å². The van der Waals surface area contributed by atoms with E-state index >= 15 is 0 Å². The Labute approximate surface area is 159 Å². The second-order valence-corrected chi connectivity index (χ2v) is 6.99. The first-order valence-corrected chi connectivity index (χ1v) is 9.67. The molecule has 0 aliphatic heterocycles. The first-order chi connectivity index (χ1) is 12.7. The van der Waals surface area contributed by atoms with Gasteiger partial charge in [-0.2, -0.15) is 0 Å². The van der Waals surface area contributed by atoms with Gasteiger partial charge in [-0.05, 0) is 19.9 Å². The minimum atomic E-state index is 0.521. The van der Waals surface area contributed by atoms with Gasteiger partial charge in [0.05, 0.1) is 31.9 Å². The van der Waals surface area contributed by atoms with Gasteiger partial charge in [-0.25, -0.2) is 4.98 Å². The number of aromatic nitrogens is 1. The van der Waals surface area contributed by atoms with Gasteiger partial charge in [-0.1, -0.05) is 18.2 Å². The summed E-state index contributed by atoms with van der Waals surface area (Å²) in [4.78, 5) is 10.2. The summed E-state index contributed by atoms with van der Waals surface area (Å²) in [6.45, 7) is 7.43. The predicted octanol–water partition coefficient (Wildman–Crippen LogP) is 2.77. The number of hydrogen-bond acceptors (Lipinski definition) is 5. The maximum atomic E-state index is 5.72. The molecule has 0 radical (unpaired) electrons. The van der Waals surface area contributed by atoms with Crippen LogP contribution in [0.3, 0.4) is 0 Å². The van der Waals surface area contributed by atoms with Crippen molar-refractivity contribution < 1.29 is 9.47 Å². The molecule has 0 amide bonds. The molecule has 0 saturated heterocycles. The topological polar surface area (TPSA) is 67.8 Å². The van der Waals surface area contributed by atoms with E-state index in [0.717, 1.165) is 41.8 Å². The van der Waals surface area contributed by atoms with Gasteiger partial charge in [-0.3, -0.25) is 4.99 Å². The number of ether oxygens (including phenoxy) is 2. The maximum Gasteiger partial charge on any atom is 0.191 e. The minimum absolute atomic E-state index is 0.521. The Bertz CT molecular complexity index is 688. The number of hydrogen-bond donors (Lipinski definition) is 2. The van der Waals surface area contributed by atoms with Crippen LogP contribution in [0.2, 0.25) is 0 Å². The monoisotopic (exact) mass is 376 g/mol. The van der Waals surface area contributed by atoms with Crippen LogP contribution in [0.15, 0.2) is 35.5 Å². The van der Waals surface area contributed by atoms with Gasteiger partial charge < -0.3 is 20.1 Å². The molecule has 0 bridgehead atoms. The summed E-state index contributed by atoms with van der Waals surface area (Å²) in [6, 6.07) is 7.88. The number of aryl methyl sites for hydroxylation is 1. The third-order valence-corrected chi connectivity index (χ3v) is 4.57. The van der Waals surface area contributed by atoms with E-state index in [1.165, 1.54) is 4.88 Å². The molecule has 0 aliphatic carbocycles. The van der Waals surface area contributed by atoms with Gasteiger partial charge in [-0.15, -0.1) is 11.3 Å². The Morgan fingerprint density at radius 1 is 1.27 bits per heavy atom. The second-order valence-electron chi connectivity index (χ2n) is 5.67. The van der Waals surface area contributed by atoms with E-state index in [1.807, 2.05) is 30.5 Å². The Morgan fingerprint density at radius 3 is 2.85 bits per heavy atom. The molecule has 7 heteroatoms. The maximum absolute atomic E-state index is 5.72. The van der Waals surface area contributed by atoms with Crippen molar-refractivity contribution in [2.24, 2.45) is 4.99 Å². The average Bonchev–Trinajstić information content (AvgIpc) is 3.07. The van der Waals surface area contributed by atoms with Crippen molar-refractivity contribution in [3.8, 4) is 5.75 Å². The van der Waals surface area contributed by atoms with E-state index in [2.05, 4.69) is 34.5 Å². The highest BCUT2D eigenvalue weighted by Gasteiger charge is 2.02. The number of benzene rings is 1. The molecule has 0 saturated carbocycles. The van der Waals surface area contributed by atoms with Crippen LogP contribution >= 0.6 is 11.3 Å². The number of rotatable bonds is 10. The first-order valence-electron chi connectivity index (χ1n) is 8.86. The van der Waals surface area contributed by atoms with Gasteiger partial charge >= 0.3 is 0 Å². The van der Waals surface area contributed by atoms with Crippen molar-refractivity contribution in [2.75, 3.05) is 33.4 Å². The van der Waals surface area contributed by atoms with E-state index in [1.54, 1.807) is 18.4 Å². The lowest BCUT2D eigenvalue weighted by Gasteiger charge is -2.11. The van der Waals surface area contributed by atoms with Crippen molar-refractivity contribution in [3.05, 3.63) is 45.9 Å². The SMILES string of the molecule is CCNC(=NCCOCc1ccccc1OC)NCCc1ncc(C)s1. The van der Waals surface area contributed by atoms with Crippen molar-refractivity contribution in [3.63, 3.8) is 0 Å². The van der Waals surface area contributed by atoms with E-state index < -0.39 is 0 Å². The highest BCUT2D eigenvalue weighted by Crippen LogP contribution is 2.17. The van der Waals surface area contributed by atoms with Crippen LogP contribution in [0.1, 0.15) is 22.4 Å². The molecule has 142 valence electrons. The molecule has 2 rings (SSSR count). The van der Waals surface area contributed by atoms with Crippen LogP contribution < -0.4 is 15.4 Å². The Balaban J connectivity index is 1.70. The lowest BCUT2D eigenvalue weighted by molar-refractivity contribution is 0.126. The fourth-order valence-electron chi connectivity index (χ4n) is 2.37. The standard InChI is InChI=1S/C19H28N4O2S/c1-4-20-19(21-10-9-18-23-13-15(2)26-18)22-11-12-25-14-16-7-5-6-8-17(16)24-3/h5-8,13H,4,9-12,14H2,1-3H3,(H2,20,21,22). The summed E-state index contributed by atoms with van der Waals surface area (Å²) in [5.74, 6) is 1.66. The summed E-state index contributed by atoms with van der Waals surface area (Å²) < 4.78 is 11.0. The molecule has 2 aromatic rings. The van der Waals surface area contributed by atoms with E-state index in [9.17, 15) is 0 Å². The molecule has 0 fully saturated rings. The number of nitrogens with one attached hydrogen (secondary N) is 2. The zero-order chi connectivity index (χ0) is 18.6. The first kappa shape index (κ1) is 20.2. The fraction of sp³-hybridized carbons (Fsp3) is 0.474. The number of thiazole rings is 1. The summed E-state index contributed by atoms with van der Waals surface area (Å²) in [6.07, 6.45) is 2.81. The van der Waals surface area contributed by atoms with E-state index in [4.69, 9.17) is 9.47 Å². The molecule has 6 nitrogen and oxygen atoms in total. The molecule has 0 unspecified atom stereocenters. The minimum Gasteiger partial charge on any atom is -0.496 e. The molecule has 1 aromatic heterocycles. The normalized spacial score (nSPS) is 11.4. The third kappa shape index (κ3) is 7.01. The highest BCUT2D eigenvalue weighted by atomic mass is 32.1. The van der Waals surface area contributed by atoms with Crippen LogP contribution in [0.25, 0.3) is 0 Å². The van der Waals surface area contributed by atoms with Gasteiger partial charge in [0.1, 0.15) is 5.75 Å². The lowest BCUT2D eigenvalue weighted by Crippen LogP contribution is -2.38. The van der Waals surface area contributed by atoms with Crippen LogP contribution in [-0.2, 0) is 17.8 Å². The van der Waals surface area contributed by atoms with Crippen LogP contribution in [0, 0.1) is 6.92 Å². The zero-order valence-electron chi connectivity index (χ0n) is 15.7. The number of guanidine groups is 1. The molecule has 0 spiro atoms. The Kier molecular flexibility index (Phi) is 8.92. The molecule has 1 aromatic carbocycles. The quantitative estimate of drug-likeness (QED) is 0.379. The molecule has 0 aliphatic rings. The number of aliphatic imine (C=N–C) groups is 1. The summed E-state index contributed by atoms with van der Waals surface area (Å²) in [5.41, 5.74) is 1.04. The van der Waals surface area contributed by atoms with Gasteiger partial charge in [0.15, 0.2) is 5.96 Å². The van der Waals surface area contributed by atoms with Crippen molar-refractivity contribution in [1.29, 1.82) is 0 Å². The lowest BCUT2D eigenvalue weighted by atomic mass is 10.2. The van der Waals surface area contributed by atoms with Crippen LogP contribution in [-0.4, -0.2) is 44.3 Å². The van der Waals surface area contributed by atoms with Crippen molar-refractivity contribution >= 4 is 17.3 Å². The summed E-state index contributed by atoms with van der Waals surface area (Å²) in [7, 11) is 1.67. The van der Waals surface area contributed by atoms with Crippen LogP contribution in [0.5, 0.6) is 5.75 Å². The van der Waals surface area contributed by atoms with Crippen LogP contribution in [0.4, 0.5) is 0 Å². The van der Waals surface area contributed by atoms with Crippen molar-refractivity contribution in [2.45, 2.75) is 26.9 Å². The molecule has 26 heavy (non-hydrogen) atoms.